The molecule has 3 aromatic carbocycles. The maximum Gasteiger partial charge on any atom is 0.328 e. The minimum Gasteiger partial charge on any atom is -0.467 e. The zero-order valence-electron chi connectivity index (χ0n) is 15.3. The first kappa shape index (κ1) is 17.9. The number of esters is 1. The van der Waals surface area contributed by atoms with Gasteiger partial charge < -0.3 is 10.1 Å². The van der Waals surface area contributed by atoms with Crippen LogP contribution in [0, 0.1) is 5.92 Å². The maximum absolute atomic E-state index is 12.3. The number of carbonyl (C=O) groups excluding carboxylic acids is 2. The average molecular weight is 349 g/mol. The lowest BCUT2D eigenvalue weighted by Crippen LogP contribution is -2.44. The third kappa shape index (κ3) is 3.54. The van der Waals surface area contributed by atoms with Gasteiger partial charge in [0.05, 0.1) is 7.11 Å². The van der Waals surface area contributed by atoms with Crippen molar-refractivity contribution < 1.29 is 14.3 Å². The second-order valence-corrected chi connectivity index (χ2v) is 6.74. The predicted molar refractivity (Wildman–Crippen MR) is 104 cm³/mol. The normalized spacial score (nSPS) is 12.3. The Labute approximate surface area is 153 Å². The minimum absolute atomic E-state index is 0.162. The van der Waals surface area contributed by atoms with Crippen LogP contribution in [0.3, 0.4) is 0 Å². The van der Waals surface area contributed by atoms with Crippen LogP contribution in [-0.4, -0.2) is 25.0 Å². The molecule has 1 N–H and O–H groups in total. The summed E-state index contributed by atoms with van der Waals surface area (Å²) in [5.74, 6) is -0.799. The van der Waals surface area contributed by atoms with E-state index in [-0.39, 0.29) is 11.8 Å². The molecule has 0 aliphatic rings. The smallest absolute Gasteiger partial charge is 0.328 e. The maximum atomic E-state index is 12.3. The molecule has 0 unspecified atom stereocenters. The summed E-state index contributed by atoms with van der Waals surface area (Å²) < 4.78 is 4.94. The summed E-state index contributed by atoms with van der Waals surface area (Å²) in [4.78, 5) is 24.5. The van der Waals surface area contributed by atoms with Crippen LogP contribution in [0.4, 0.5) is 0 Å². The summed E-state index contributed by atoms with van der Waals surface area (Å²) in [6, 6.07) is 17.6. The third-order valence-corrected chi connectivity index (χ3v) is 4.62. The molecule has 0 aliphatic heterocycles. The molecule has 3 aromatic rings. The first-order chi connectivity index (χ1) is 12.5. The summed E-state index contributed by atoms with van der Waals surface area (Å²) in [5.41, 5.74) is 1.04. The molecular weight excluding hydrogens is 326 g/mol. The first-order valence-corrected chi connectivity index (χ1v) is 8.79. The van der Waals surface area contributed by atoms with Crippen molar-refractivity contribution in [3.63, 3.8) is 0 Å². The summed E-state index contributed by atoms with van der Waals surface area (Å²) >= 11 is 0. The Morgan fingerprint density at radius 1 is 0.962 bits per heavy atom. The van der Waals surface area contributed by atoms with E-state index in [2.05, 4.69) is 35.6 Å². The number of carbonyl (C=O) groups is 2. The number of nitrogens with one attached hydrogen (secondary N) is 1. The molecule has 0 saturated heterocycles. The molecule has 0 spiro atoms. The fourth-order valence-corrected chi connectivity index (χ4v) is 3.21. The lowest BCUT2D eigenvalue weighted by atomic mass is 9.92. The Balaban J connectivity index is 2.11. The predicted octanol–water partition coefficient (Wildman–Crippen LogP) is 3.85. The highest BCUT2D eigenvalue weighted by Crippen LogP contribution is 2.29. The fourth-order valence-electron chi connectivity index (χ4n) is 3.21. The molecule has 0 aromatic heterocycles. The average Bonchev–Trinajstić information content (AvgIpc) is 2.66. The lowest BCUT2D eigenvalue weighted by molar-refractivity contribution is -0.145. The van der Waals surface area contributed by atoms with Crippen LogP contribution in [0.1, 0.15) is 19.4 Å². The van der Waals surface area contributed by atoms with Crippen LogP contribution < -0.4 is 5.32 Å². The van der Waals surface area contributed by atoms with Gasteiger partial charge in [-0.1, -0.05) is 62.4 Å². The number of methoxy groups -OCH3 is 1. The number of hydrogen-bond acceptors (Lipinski definition) is 3. The summed E-state index contributed by atoms with van der Waals surface area (Å²) in [6.07, 6.45) is 0.382. The lowest BCUT2D eigenvalue weighted by Gasteiger charge is -2.20. The van der Waals surface area contributed by atoms with Crippen LogP contribution in [-0.2, 0) is 20.7 Å². The van der Waals surface area contributed by atoms with Crippen molar-refractivity contribution in [1.82, 2.24) is 5.32 Å². The Morgan fingerprint density at radius 3 is 2.00 bits per heavy atom. The minimum atomic E-state index is -0.718. The van der Waals surface area contributed by atoms with E-state index in [1.54, 1.807) is 13.8 Å². The highest BCUT2D eigenvalue weighted by atomic mass is 16.5. The quantitative estimate of drug-likeness (QED) is 0.562. The molecule has 3 rings (SSSR count). The van der Waals surface area contributed by atoms with Gasteiger partial charge in [0.2, 0.25) is 5.91 Å². The second-order valence-electron chi connectivity index (χ2n) is 6.74. The van der Waals surface area contributed by atoms with E-state index in [0.29, 0.717) is 6.42 Å². The van der Waals surface area contributed by atoms with Crippen LogP contribution in [0.25, 0.3) is 21.5 Å². The van der Waals surface area contributed by atoms with Gasteiger partial charge in [0.25, 0.3) is 0 Å². The van der Waals surface area contributed by atoms with E-state index >= 15 is 0 Å². The number of fused-ring (bicyclic) bond motifs is 2. The van der Waals surface area contributed by atoms with Crippen LogP contribution in [0.15, 0.2) is 54.6 Å². The van der Waals surface area contributed by atoms with Crippen molar-refractivity contribution in [1.29, 1.82) is 0 Å². The van der Waals surface area contributed by atoms with Crippen molar-refractivity contribution in [2.45, 2.75) is 26.3 Å². The van der Waals surface area contributed by atoms with E-state index in [1.807, 2.05) is 24.3 Å². The Kier molecular flexibility index (Phi) is 5.21. The highest BCUT2D eigenvalue weighted by Gasteiger charge is 2.24. The number of hydrogen-bond donors (Lipinski definition) is 1. The van der Waals surface area contributed by atoms with Crippen molar-refractivity contribution in [3.05, 3.63) is 60.2 Å². The van der Waals surface area contributed by atoms with Gasteiger partial charge >= 0.3 is 5.97 Å². The SMILES string of the molecule is COC(=O)[C@H](Cc1c2ccccc2cc2ccccc12)NC(=O)C(C)C. The standard InChI is InChI=1S/C22H23NO3/c1-14(2)21(24)23-20(22(25)26-3)13-19-17-10-6-4-8-15(17)12-16-9-5-7-11-18(16)19/h4-12,14,20H,13H2,1-3H3,(H,23,24)/t20-/m0/s1. The van der Waals surface area contributed by atoms with E-state index in [9.17, 15) is 9.59 Å². The molecule has 0 saturated carbocycles. The van der Waals surface area contributed by atoms with Crippen LogP contribution in [0.5, 0.6) is 0 Å². The molecular formula is C22H23NO3. The monoisotopic (exact) mass is 349 g/mol. The molecule has 0 aliphatic carbocycles. The molecule has 4 heteroatoms. The first-order valence-electron chi connectivity index (χ1n) is 8.79. The molecule has 1 atom stereocenters. The van der Waals surface area contributed by atoms with E-state index in [4.69, 9.17) is 4.74 Å². The third-order valence-electron chi connectivity index (χ3n) is 4.62. The van der Waals surface area contributed by atoms with Gasteiger partial charge in [-0.25, -0.2) is 4.79 Å². The second kappa shape index (κ2) is 7.56. The van der Waals surface area contributed by atoms with Crippen LogP contribution >= 0.6 is 0 Å². The summed E-state index contributed by atoms with van der Waals surface area (Å²) in [5, 5.41) is 7.22. The Hall–Kier alpha value is -2.88. The molecule has 26 heavy (non-hydrogen) atoms. The summed E-state index contributed by atoms with van der Waals surface area (Å²) in [6.45, 7) is 3.61. The van der Waals surface area contributed by atoms with Crippen LogP contribution in [0.2, 0.25) is 0 Å². The molecule has 1 amide bonds. The number of rotatable bonds is 5. The van der Waals surface area contributed by atoms with E-state index < -0.39 is 12.0 Å². The van der Waals surface area contributed by atoms with Gasteiger partial charge in [-0.3, -0.25) is 4.79 Å². The van der Waals surface area contributed by atoms with Crippen molar-refractivity contribution in [2.24, 2.45) is 5.92 Å². The van der Waals surface area contributed by atoms with Gasteiger partial charge in [-0.05, 0) is 33.2 Å². The van der Waals surface area contributed by atoms with E-state index in [1.165, 1.54) is 7.11 Å². The zero-order chi connectivity index (χ0) is 18.7. The number of ether oxygens (including phenoxy) is 1. The Bertz CT molecular complexity index is 908. The van der Waals surface area contributed by atoms with Gasteiger partial charge in [-0.2, -0.15) is 0 Å². The largest absolute Gasteiger partial charge is 0.467 e. The summed E-state index contributed by atoms with van der Waals surface area (Å²) in [7, 11) is 1.35. The van der Waals surface area contributed by atoms with Gasteiger partial charge in [0.15, 0.2) is 0 Å². The van der Waals surface area contributed by atoms with Gasteiger partial charge in [-0.15, -0.1) is 0 Å². The van der Waals surface area contributed by atoms with Crippen molar-refractivity contribution >= 4 is 33.4 Å². The molecule has 0 heterocycles. The highest BCUT2D eigenvalue weighted by molar-refractivity contribution is 6.02. The zero-order valence-corrected chi connectivity index (χ0v) is 15.3. The molecule has 0 bridgehead atoms. The number of amides is 1. The molecule has 4 nitrogen and oxygen atoms in total. The van der Waals surface area contributed by atoms with Crippen molar-refractivity contribution in [3.8, 4) is 0 Å². The molecule has 134 valence electrons. The molecule has 0 radical (unpaired) electrons. The van der Waals surface area contributed by atoms with Gasteiger partial charge in [0.1, 0.15) is 6.04 Å². The van der Waals surface area contributed by atoms with E-state index in [0.717, 1.165) is 27.1 Å². The van der Waals surface area contributed by atoms with Crippen molar-refractivity contribution in [2.75, 3.05) is 7.11 Å². The number of benzene rings is 3. The topological polar surface area (TPSA) is 55.4 Å². The fraction of sp³-hybridized carbons (Fsp3) is 0.273. The molecule has 0 fully saturated rings. The Morgan fingerprint density at radius 2 is 1.50 bits per heavy atom. The van der Waals surface area contributed by atoms with Gasteiger partial charge in [0, 0.05) is 12.3 Å².